The maximum atomic E-state index is 6.05. The first-order valence-corrected chi connectivity index (χ1v) is 6.34. The van der Waals surface area contributed by atoms with E-state index in [-0.39, 0.29) is 0 Å². The van der Waals surface area contributed by atoms with E-state index in [9.17, 15) is 0 Å². The van der Waals surface area contributed by atoms with Gasteiger partial charge in [0.2, 0.25) is 0 Å². The van der Waals surface area contributed by atoms with Crippen molar-refractivity contribution in [2.75, 3.05) is 33.5 Å². The average molecular weight is 274 g/mol. The van der Waals surface area contributed by atoms with Gasteiger partial charge in [-0.05, 0) is 12.5 Å². The maximum Gasteiger partial charge on any atom is 0.142 e. The van der Waals surface area contributed by atoms with Crippen LogP contribution in [0.2, 0.25) is 5.02 Å². The van der Waals surface area contributed by atoms with Crippen LogP contribution in [0.4, 0.5) is 0 Å². The summed E-state index contributed by atoms with van der Waals surface area (Å²) in [6.07, 6.45) is 0.886. The lowest BCUT2D eigenvalue weighted by Crippen LogP contribution is -2.10. The van der Waals surface area contributed by atoms with Crippen LogP contribution in [-0.2, 0) is 16.0 Å². The second kappa shape index (κ2) is 9.16. The molecule has 1 rings (SSSR count). The summed E-state index contributed by atoms with van der Waals surface area (Å²) in [6.45, 7) is 2.78. The van der Waals surface area contributed by atoms with Crippen molar-refractivity contribution in [3.63, 3.8) is 0 Å². The first kappa shape index (κ1) is 15.2. The van der Waals surface area contributed by atoms with E-state index in [1.54, 1.807) is 13.2 Å². The van der Waals surface area contributed by atoms with Crippen LogP contribution in [0, 0.1) is 0 Å². The molecule has 18 heavy (non-hydrogen) atoms. The zero-order chi connectivity index (χ0) is 13.2. The van der Waals surface area contributed by atoms with Crippen molar-refractivity contribution >= 4 is 11.6 Å². The van der Waals surface area contributed by atoms with E-state index >= 15 is 0 Å². The lowest BCUT2D eigenvalue weighted by atomic mass is 10.2. The first-order chi connectivity index (χ1) is 8.79. The van der Waals surface area contributed by atoms with Gasteiger partial charge in [-0.25, -0.2) is 0 Å². The van der Waals surface area contributed by atoms with E-state index in [1.807, 2.05) is 12.1 Å². The number of ether oxygens (including phenoxy) is 3. The fraction of sp³-hybridized carbons (Fsp3) is 0.538. The molecule has 2 N–H and O–H groups in total. The number of hydrogen-bond acceptors (Lipinski definition) is 4. The first-order valence-electron chi connectivity index (χ1n) is 5.96. The van der Waals surface area contributed by atoms with Gasteiger partial charge in [0.15, 0.2) is 0 Å². The lowest BCUT2D eigenvalue weighted by Gasteiger charge is -2.12. The van der Waals surface area contributed by atoms with Crippen molar-refractivity contribution < 1.29 is 14.2 Å². The summed E-state index contributed by atoms with van der Waals surface area (Å²) in [5.41, 5.74) is 6.53. The van der Waals surface area contributed by atoms with Gasteiger partial charge in [0.05, 0.1) is 11.6 Å². The predicted octanol–water partition coefficient (Wildman–Crippen LogP) is 2.23. The molecule has 0 aromatic heterocycles. The van der Waals surface area contributed by atoms with Gasteiger partial charge in [-0.15, -0.1) is 0 Å². The smallest absolute Gasteiger partial charge is 0.142 e. The van der Waals surface area contributed by atoms with Crippen molar-refractivity contribution in [3.05, 3.63) is 28.8 Å². The van der Waals surface area contributed by atoms with Gasteiger partial charge in [-0.2, -0.15) is 0 Å². The van der Waals surface area contributed by atoms with Gasteiger partial charge in [-0.1, -0.05) is 23.7 Å². The molecule has 0 atom stereocenters. The van der Waals surface area contributed by atoms with Crippen molar-refractivity contribution in [2.45, 2.75) is 13.0 Å². The molecule has 5 heteroatoms. The van der Waals surface area contributed by atoms with E-state index < -0.39 is 0 Å². The molecule has 0 fully saturated rings. The fourth-order valence-corrected chi connectivity index (χ4v) is 1.73. The zero-order valence-electron chi connectivity index (χ0n) is 10.7. The molecule has 0 saturated heterocycles. The molecule has 0 bridgehead atoms. The Morgan fingerprint density at radius 2 is 2.00 bits per heavy atom. The third-order valence-electron chi connectivity index (χ3n) is 2.38. The summed E-state index contributed by atoms with van der Waals surface area (Å²) < 4.78 is 15.9. The maximum absolute atomic E-state index is 6.05. The standard InChI is InChI=1S/C13H20ClNO3/c1-16-6-3-7-17-8-9-18-13-11(10-15)4-2-5-12(13)14/h2,4-5H,3,6-10,15H2,1H3. The molecule has 4 nitrogen and oxygen atoms in total. The third-order valence-corrected chi connectivity index (χ3v) is 2.68. The Morgan fingerprint density at radius 1 is 1.17 bits per heavy atom. The molecule has 0 spiro atoms. The highest BCUT2D eigenvalue weighted by atomic mass is 35.5. The molecular weight excluding hydrogens is 254 g/mol. The quantitative estimate of drug-likeness (QED) is 0.701. The number of para-hydroxylation sites is 1. The minimum absolute atomic E-state index is 0.407. The molecule has 0 heterocycles. The SMILES string of the molecule is COCCCOCCOc1c(Cl)cccc1CN. The topological polar surface area (TPSA) is 53.7 Å². The fourth-order valence-electron chi connectivity index (χ4n) is 1.49. The third kappa shape index (κ3) is 5.23. The highest BCUT2D eigenvalue weighted by Gasteiger charge is 2.06. The minimum atomic E-state index is 0.407. The van der Waals surface area contributed by atoms with Crippen LogP contribution in [0.15, 0.2) is 18.2 Å². The zero-order valence-corrected chi connectivity index (χ0v) is 11.4. The van der Waals surface area contributed by atoms with E-state index in [0.717, 1.165) is 12.0 Å². The van der Waals surface area contributed by atoms with Crippen molar-refractivity contribution in [3.8, 4) is 5.75 Å². The Kier molecular flexibility index (Phi) is 7.76. The van der Waals surface area contributed by atoms with Gasteiger partial charge in [0, 0.05) is 32.4 Å². The number of nitrogens with two attached hydrogens (primary N) is 1. The highest BCUT2D eigenvalue weighted by Crippen LogP contribution is 2.28. The molecule has 102 valence electrons. The Morgan fingerprint density at radius 3 is 2.72 bits per heavy atom. The monoisotopic (exact) mass is 273 g/mol. The van der Waals surface area contributed by atoms with Crippen LogP contribution in [0.5, 0.6) is 5.75 Å². The molecule has 0 unspecified atom stereocenters. The van der Waals surface area contributed by atoms with Crippen LogP contribution in [-0.4, -0.2) is 33.5 Å². The van der Waals surface area contributed by atoms with E-state index in [2.05, 4.69) is 0 Å². The molecule has 0 aliphatic heterocycles. The van der Waals surface area contributed by atoms with Crippen molar-refractivity contribution in [1.29, 1.82) is 0 Å². The van der Waals surface area contributed by atoms with Gasteiger partial charge in [0.1, 0.15) is 12.4 Å². The van der Waals surface area contributed by atoms with E-state index in [1.165, 1.54) is 0 Å². The van der Waals surface area contributed by atoms with Crippen LogP contribution in [0.1, 0.15) is 12.0 Å². The van der Waals surface area contributed by atoms with Crippen molar-refractivity contribution in [2.24, 2.45) is 5.73 Å². The Bertz CT molecular complexity index is 347. The van der Waals surface area contributed by atoms with Crippen LogP contribution in [0.25, 0.3) is 0 Å². The minimum Gasteiger partial charge on any atom is -0.489 e. The summed E-state index contributed by atoms with van der Waals surface area (Å²) in [6, 6.07) is 5.55. The molecule has 1 aromatic rings. The van der Waals surface area contributed by atoms with Gasteiger partial charge in [0.25, 0.3) is 0 Å². The largest absolute Gasteiger partial charge is 0.489 e. The van der Waals surface area contributed by atoms with Gasteiger partial charge >= 0.3 is 0 Å². The summed E-state index contributed by atoms with van der Waals surface area (Å²) in [4.78, 5) is 0. The van der Waals surface area contributed by atoms with Gasteiger partial charge < -0.3 is 19.9 Å². The number of halogens is 1. The van der Waals surface area contributed by atoms with E-state index in [4.69, 9.17) is 31.5 Å². The van der Waals surface area contributed by atoms with Gasteiger partial charge in [-0.3, -0.25) is 0 Å². The number of hydrogen-bond donors (Lipinski definition) is 1. The molecule has 0 saturated carbocycles. The molecule has 0 amide bonds. The molecule has 0 aliphatic carbocycles. The molecule has 0 radical (unpaired) electrons. The molecule has 0 aliphatic rings. The van der Waals surface area contributed by atoms with Crippen LogP contribution in [0.3, 0.4) is 0 Å². The second-order valence-corrected chi connectivity index (χ2v) is 4.15. The second-order valence-electron chi connectivity index (χ2n) is 3.74. The summed E-state index contributed by atoms with van der Waals surface area (Å²) in [5.74, 6) is 0.655. The normalized spacial score (nSPS) is 10.6. The summed E-state index contributed by atoms with van der Waals surface area (Å²) >= 11 is 6.05. The van der Waals surface area contributed by atoms with Crippen LogP contribution < -0.4 is 10.5 Å². The molecule has 1 aromatic carbocycles. The number of rotatable bonds is 9. The lowest BCUT2D eigenvalue weighted by molar-refractivity contribution is 0.0804. The number of methoxy groups -OCH3 is 1. The predicted molar refractivity (Wildman–Crippen MR) is 72.2 cm³/mol. The average Bonchev–Trinajstić information content (AvgIpc) is 2.39. The Balaban J connectivity index is 2.26. The summed E-state index contributed by atoms with van der Waals surface area (Å²) in [5, 5.41) is 0.581. The highest BCUT2D eigenvalue weighted by molar-refractivity contribution is 6.32. The Labute approximate surface area is 113 Å². The van der Waals surface area contributed by atoms with E-state index in [0.29, 0.717) is 43.7 Å². The van der Waals surface area contributed by atoms with Crippen molar-refractivity contribution in [1.82, 2.24) is 0 Å². The number of benzene rings is 1. The van der Waals surface area contributed by atoms with Crippen LogP contribution >= 0.6 is 11.6 Å². The Hall–Kier alpha value is -0.810. The molecular formula is C13H20ClNO3. The summed E-state index contributed by atoms with van der Waals surface area (Å²) in [7, 11) is 1.68.